The van der Waals surface area contributed by atoms with E-state index < -0.39 is 5.82 Å². The molecule has 0 unspecified atom stereocenters. The minimum atomic E-state index is -0.487. The molecule has 3 aromatic rings. The number of morpholine rings is 1. The number of pyridine rings is 1. The van der Waals surface area contributed by atoms with E-state index in [-0.39, 0.29) is 18.3 Å². The molecule has 10 nitrogen and oxygen atoms in total. The van der Waals surface area contributed by atoms with Gasteiger partial charge < -0.3 is 20.0 Å². The molecule has 182 valence electrons. The lowest BCUT2D eigenvalue weighted by molar-refractivity contribution is 0.122. The van der Waals surface area contributed by atoms with Gasteiger partial charge in [-0.2, -0.15) is 10.1 Å². The number of anilines is 4. The SMILES string of the molecule is Fc1cnc(N=NCc2ccc(Nc3cc(Cl)cc(N4CCCN4)c3)cn2)nc1N1CCOCC1. The van der Waals surface area contributed by atoms with Crippen LogP contribution in [0, 0.1) is 5.82 Å². The number of nitrogens with zero attached hydrogens (tertiary/aromatic N) is 7. The second kappa shape index (κ2) is 10.9. The lowest BCUT2D eigenvalue weighted by Gasteiger charge is -2.27. The summed E-state index contributed by atoms with van der Waals surface area (Å²) in [6.45, 7) is 4.36. The quantitative estimate of drug-likeness (QED) is 0.467. The van der Waals surface area contributed by atoms with Crippen molar-refractivity contribution in [2.24, 2.45) is 10.2 Å². The standard InChI is InChI=1S/C23H25ClFN9O/c24-16-10-19(12-20(11-16)34-5-1-4-29-34)30-18-3-2-17(26-13-18)14-28-32-23-27-15-21(25)22(31-23)33-6-8-35-9-7-33/h2-3,10-13,15,29-30H,1,4-9,14H2. The van der Waals surface area contributed by atoms with Crippen LogP contribution in [-0.4, -0.2) is 54.3 Å². The van der Waals surface area contributed by atoms with Crippen LogP contribution in [0.15, 0.2) is 53.0 Å². The average molecular weight is 498 g/mol. The largest absolute Gasteiger partial charge is 0.378 e. The van der Waals surface area contributed by atoms with Crippen LogP contribution < -0.4 is 20.7 Å². The summed E-state index contributed by atoms with van der Waals surface area (Å²) in [4.78, 5) is 14.4. The number of hydrogen-bond acceptors (Lipinski definition) is 10. The van der Waals surface area contributed by atoms with Crippen LogP contribution in [0.5, 0.6) is 0 Å². The van der Waals surface area contributed by atoms with E-state index >= 15 is 0 Å². The molecule has 0 bridgehead atoms. The van der Waals surface area contributed by atoms with Gasteiger partial charge in [0.2, 0.25) is 0 Å². The highest BCUT2D eigenvalue weighted by Gasteiger charge is 2.18. The molecule has 12 heteroatoms. The topological polar surface area (TPSA) is 103 Å². The van der Waals surface area contributed by atoms with Gasteiger partial charge in [-0.15, -0.1) is 5.11 Å². The number of ether oxygens (including phenoxy) is 1. The first-order valence-corrected chi connectivity index (χ1v) is 11.8. The maximum absolute atomic E-state index is 14.1. The molecule has 35 heavy (non-hydrogen) atoms. The van der Waals surface area contributed by atoms with Crippen molar-refractivity contribution in [2.45, 2.75) is 13.0 Å². The predicted molar refractivity (Wildman–Crippen MR) is 132 cm³/mol. The van der Waals surface area contributed by atoms with Crippen molar-refractivity contribution in [3.63, 3.8) is 0 Å². The summed E-state index contributed by atoms with van der Waals surface area (Å²) in [5, 5.41) is 14.3. The van der Waals surface area contributed by atoms with Crippen molar-refractivity contribution in [1.82, 2.24) is 20.4 Å². The summed E-state index contributed by atoms with van der Waals surface area (Å²) in [6.07, 6.45) is 3.94. The molecule has 2 N–H and O–H groups in total. The van der Waals surface area contributed by atoms with Crippen molar-refractivity contribution in [3.05, 3.63) is 59.3 Å². The monoisotopic (exact) mass is 497 g/mol. The van der Waals surface area contributed by atoms with Crippen LogP contribution in [0.1, 0.15) is 12.1 Å². The highest BCUT2D eigenvalue weighted by molar-refractivity contribution is 6.31. The van der Waals surface area contributed by atoms with Gasteiger partial charge in [0, 0.05) is 36.9 Å². The fourth-order valence-corrected chi connectivity index (χ4v) is 4.11. The van der Waals surface area contributed by atoms with Gasteiger partial charge in [0.05, 0.1) is 42.7 Å². The van der Waals surface area contributed by atoms with Gasteiger partial charge in [0.25, 0.3) is 5.95 Å². The normalized spacial score (nSPS) is 16.3. The first-order valence-electron chi connectivity index (χ1n) is 11.4. The molecule has 2 fully saturated rings. The zero-order chi connectivity index (χ0) is 24.0. The van der Waals surface area contributed by atoms with Crippen LogP contribution in [0.3, 0.4) is 0 Å². The summed E-state index contributed by atoms with van der Waals surface area (Å²) in [5.41, 5.74) is 6.77. The molecule has 5 rings (SSSR count). The lowest BCUT2D eigenvalue weighted by Crippen LogP contribution is -2.37. The van der Waals surface area contributed by atoms with E-state index in [4.69, 9.17) is 16.3 Å². The number of halogens is 2. The highest BCUT2D eigenvalue weighted by atomic mass is 35.5. The van der Waals surface area contributed by atoms with Crippen molar-refractivity contribution >= 4 is 40.4 Å². The summed E-state index contributed by atoms with van der Waals surface area (Å²) < 4.78 is 19.5. The Kier molecular flexibility index (Phi) is 7.26. The van der Waals surface area contributed by atoms with E-state index in [9.17, 15) is 4.39 Å². The third kappa shape index (κ3) is 5.99. The molecule has 0 aliphatic carbocycles. The summed E-state index contributed by atoms with van der Waals surface area (Å²) >= 11 is 6.32. The molecule has 2 aliphatic heterocycles. The molecule has 4 heterocycles. The van der Waals surface area contributed by atoms with Gasteiger partial charge in [-0.05, 0) is 36.8 Å². The van der Waals surface area contributed by atoms with Gasteiger partial charge in [-0.3, -0.25) is 4.98 Å². The summed E-state index contributed by atoms with van der Waals surface area (Å²) in [5.74, 6) is -0.162. The number of hydrogen-bond donors (Lipinski definition) is 2. The van der Waals surface area contributed by atoms with Crippen LogP contribution in [-0.2, 0) is 11.3 Å². The molecule has 0 saturated carbocycles. The van der Waals surface area contributed by atoms with E-state index in [1.54, 1.807) is 6.20 Å². The Morgan fingerprint density at radius 2 is 1.97 bits per heavy atom. The fraction of sp³-hybridized carbons (Fsp3) is 0.348. The Labute approximate surface area is 207 Å². The Hall–Kier alpha value is -3.41. The van der Waals surface area contributed by atoms with Crippen LogP contribution in [0.2, 0.25) is 5.02 Å². The molecule has 0 spiro atoms. The maximum Gasteiger partial charge on any atom is 0.270 e. The zero-order valence-electron chi connectivity index (χ0n) is 19.0. The lowest BCUT2D eigenvalue weighted by atomic mass is 10.2. The van der Waals surface area contributed by atoms with Crippen molar-refractivity contribution in [3.8, 4) is 0 Å². The Balaban J connectivity index is 1.20. The van der Waals surface area contributed by atoms with E-state index in [1.807, 2.05) is 35.2 Å². The molecule has 0 atom stereocenters. The smallest absolute Gasteiger partial charge is 0.270 e. The third-order valence-electron chi connectivity index (χ3n) is 5.59. The Morgan fingerprint density at radius 3 is 2.74 bits per heavy atom. The highest BCUT2D eigenvalue weighted by Crippen LogP contribution is 2.28. The minimum absolute atomic E-state index is 0.107. The number of nitrogens with one attached hydrogen (secondary N) is 2. The predicted octanol–water partition coefficient (Wildman–Crippen LogP) is 4.24. The average Bonchev–Trinajstić information content (AvgIpc) is 3.42. The summed E-state index contributed by atoms with van der Waals surface area (Å²) in [6, 6.07) is 9.63. The summed E-state index contributed by atoms with van der Waals surface area (Å²) in [7, 11) is 0. The molecule has 0 radical (unpaired) electrons. The molecule has 0 amide bonds. The van der Waals surface area contributed by atoms with E-state index in [1.165, 1.54) is 0 Å². The molecule has 2 aliphatic rings. The van der Waals surface area contributed by atoms with Crippen LogP contribution in [0.25, 0.3) is 0 Å². The van der Waals surface area contributed by atoms with Crippen molar-refractivity contribution < 1.29 is 9.13 Å². The van der Waals surface area contributed by atoms with Gasteiger partial charge >= 0.3 is 0 Å². The fourth-order valence-electron chi connectivity index (χ4n) is 3.88. The van der Waals surface area contributed by atoms with Gasteiger partial charge in [-0.25, -0.2) is 14.8 Å². The van der Waals surface area contributed by atoms with E-state index in [0.717, 1.165) is 48.5 Å². The Bertz CT molecular complexity index is 1180. The van der Waals surface area contributed by atoms with Crippen molar-refractivity contribution in [1.29, 1.82) is 0 Å². The molecular formula is C23H25ClFN9O. The molecule has 2 aromatic heterocycles. The molecule has 1 aromatic carbocycles. The van der Waals surface area contributed by atoms with E-state index in [2.05, 4.69) is 40.9 Å². The molecular weight excluding hydrogens is 473 g/mol. The van der Waals surface area contributed by atoms with E-state index in [0.29, 0.717) is 31.3 Å². The number of rotatable bonds is 7. The number of benzene rings is 1. The van der Waals surface area contributed by atoms with Gasteiger partial charge in [0.1, 0.15) is 6.54 Å². The van der Waals surface area contributed by atoms with Gasteiger partial charge in [0.15, 0.2) is 11.6 Å². The number of aromatic nitrogens is 3. The van der Waals surface area contributed by atoms with Crippen LogP contribution in [0.4, 0.5) is 33.2 Å². The number of hydrazine groups is 1. The first-order chi connectivity index (χ1) is 17.1. The second-order valence-electron chi connectivity index (χ2n) is 8.12. The maximum atomic E-state index is 14.1. The number of azo groups is 1. The first kappa shape index (κ1) is 23.3. The third-order valence-corrected chi connectivity index (χ3v) is 5.80. The second-order valence-corrected chi connectivity index (χ2v) is 8.55. The molecule has 2 saturated heterocycles. The van der Waals surface area contributed by atoms with Gasteiger partial charge in [-0.1, -0.05) is 11.6 Å². The Morgan fingerprint density at radius 1 is 1.09 bits per heavy atom. The zero-order valence-corrected chi connectivity index (χ0v) is 19.7. The minimum Gasteiger partial charge on any atom is -0.378 e. The van der Waals surface area contributed by atoms with Crippen molar-refractivity contribution in [2.75, 3.05) is 54.6 Å². The van der Waals surface area contributed by atoms with Crippen LogP contribution >= 0.6 is 11.6 Å².